The van der Waals surface area contributed by atoms with Crippen LogP contribution in [0.5, 0.6) is 0 Å². The molecule has 1 unspecified atom stereocenters. The third-order valence-electron chi connectivity index (χ3n) is 4.20. The highest BCUT2D eigenvalue weighted by molar-refractivity contribution is 7.90. The number of hydrogen-bond donors (Lipinski definition) is 1. The molecule has 0 radical (unpaired) electrons. The lowest BCUT2D eigenvalue weighted by molar-refractivity contribution is 0.0986. The van der Waals surface area contributed by atoms with Gasteiger partial charge in [0.15, 0.2) is 16.8 Å². The van der Waals surface area contributed by atoms with Gasteiger partial charge in [0.1, 0.15) is 0 Å². The molecule has 3 aromatic carbocycles. The van der Waals surface area contributed by atoms with Crippen LogP contribution < -0.4 is 5.14 Å². The number of hydrogen-bond acceptors (Lipinski definition) is 4. The number of sulfonamides is 1. The topological polar surface area (TPSA) is 94.3 Å². The van der Waals surface area contributed by atoms with Crippen molar-refractivity contribution in [3.05, 3.63) is 106 Å². The van der Waals surface area contributed by atoms with Crippen LogP contribution in [0.1, 0.15) is 37.1 Å². The van der Waals surface area contributed by atoms with Crippen molar-refractivity contribution in [2.75, 3.05) is 0 Å². The van der Waals surface area contributed by atoms with Crippen LogP contribution in [0.25, 0.3) is 0 Å². The Kier molecular flexibility index (Phi) is 5.74. The summed E-state index contributed by atoms with van der Waals surface area (Å²) in [5.41, 5.74) is 0.526. The van der Waals surface area contributed by atoms with Crippen LogP contribution >= 0.6 is 11.6 Å². The summed E-state index contributed by atoms with van der Waals surface area (Å²) in [6.07, 6.45) is 0. The van der Waals surface area contributed by atoms with Gasteiger partial charge in [-0.05, 0) is 17.7 Å². The third kappa shape index (κ3) is 4.20. The zero-order chi connectivity index (χ0) is 20.3. The van der Waals surface area contributed by atoms with Gasteiger partial charge >= 0.3 is 0 Å². The van der Waals surface area contributed by atoms with E-state index in [2.05, 4.69) is 0 Å². The Morgan fingerprint density at radius 3 is 1.89 bits per heavy atom. The summed E-state index contributed by atoms with van der Waals surface area (Å²) in [7, 11) is -4.36. The van der Waals surface area contributed by atoms with Crippen molar-refractivity contribution in [2.45, 2.75) is 5.25 Å². The molecule has 3 rings (SSSR count). The molecule has 7 heteroatoms. The molecule has 5 nitrogen and oxygen atoms in total. The van der Waals surface area contributed by atoms with Gasteiger partial charge in [-0.25, -0.2) is 13.6 Å². The lowest BCUT2D eigenvalue weighted by atomic mass is 9.93. The minimum absolute atomic E-state index is 0.00499. The molecular weight excluding hydrogens is 398 g/mol. The summed E-state index contributed by atoms with van der Waals surface area (Å²) in [6.45, 7) is 0. The molecule has 0 aliphatic rings. The Hall–Kier alpha value is -2.80. The lowest BCUT2D eigenvalue weighted by Gasteiger charge is -2.18. The molecule has 3 aromatic rings. The summed E-state index contributed by atoms with van der Waals surface area (Å²) in [6, 6.07) is 20.4. The second kappa shape index (κ2) is 8.06. The molecule has 1 atom stereocenters. The van der Waals surface area contributed by atoms with Crippen LogP contribution in [-0.4, -0.2) is 20.0 Å². The summed E-state index contributed by atoms with van der Waals surface area (Å²) < 4.78 is 24.7. The molecule has 2 N–H and O–H groups in total. The molecule has 0 saturated carbocycles. The number of Topliss-reactive ketones (excluding diaryl/α,β-unsaturated/α-hetero) is 1. The van der Waals surface area contributed by atoms with E-state index in [9.17, 15) is 18.0 Å². The molecule has 0 aliphatic carbocycles. The van der Waals surface area contributed by atoms with Crippen molar-refractivity contribution < 1.29 is 18.0 Å². The molecule has 0 amide bonds. The van der Waals surface area contributed by atoms with Gasteiger partial charge in [0.05, 0.1) is 0 Å². The van der Waals surface area contributed by atoms with E-state index in [1.54, 1.807) is 48.5 Å². The van der Waals surface area contributed by atoms with E-state index >= 15 is 0 Å². The Morgan fingerprint density at radius 2 is 1.36 bits per heavy atom. The van der Waals surface area contributed by atoms with Gasteiger partial charge in [-0.15, -0.1) is 0 Å². The summed E-state index contributed by atoms with van der Waals surface area (Å²) in [5.74, 6) is -1.17. The second-order valence-corrected chi connectivity index (χ2v) is 8.21. The fraction of sp³-hybridized carbons (Fsp3) is 0.0476. The van der Waals surface area contributed by atoms with Crippen LogP contribution in [0.3, 0.4) is 0 Å². The summed E-state index contributed by atoms with van der Waals surface area (Å²) in [5, 5.41) is 3.92. The van der Waals surface area contributed by atoms with Crippen LogP contribution in [0.4, 0.5) is 0 Å². The molecule has 142 valence electrons. The minimum Gasteiger partial charge on any atom is -0.292 e. The van der Waals surface area contributed by atoms with Crippen molar-refractivity contribution in [1.82, 2.24) is 0 Å². The first-order chi connectivity index (χ1) is 13.3. The summed E-state index contributed by atoms with van der Waals surface area (Å²) >= 11 is 6.05. The SMILES string of the molecule is NS(=O)(=O)C(C(=O)c1ccccc1)c1ccc(Cl)cc1C(=O)c1ccccc1. The summed E-state index contributed by atoms with van der Waals surface area (Å²) in [4.78, 5) is 26.0. The Bertz CT molecular complexity index is 1130. The van der Waals surface area contributed by atoms with E-state index in [0.29, 0.717) is 5.56 Å². The molecular formula is C21H16ClNO4S. The highest BCUT2D eigenvalue weighted by Gasteiger charge is 2.35. The van der Waals surface area contributed by atoms with Gasteiger partial charge in [0, 0.05) is 21.7 Å². The van der Waals surface area contributed by atoms with E-state index in [1.807, 2.05) is 0 Å². The number of primary sulfonamides is 1. The first-order valence-corrected chi connectivity index (χ1v) is 10.3. The number of halogens is 1. The van der Waals surface area contributed by atoms with Gasteiger partial charge in [0.2, 0.25) is 10.0 Å². The van der Waals surface area contributed by atoms with Crippen molar-refractivity contribution in [3.63, 3.8) is 0 Å². The molecule has 0 spiro atoms. The highest BCUT2D eigenvalue weighted by atomic mass is 35.5. The van der Waals surface area contributed by atoms with Crippen molar-refractivity contribution in [1.29, 1.82) is 0 Å². The molecule has 0 aliphatic heterocycles. The maximum Gasteiger partial charge on any atom is 0.223 e. The lowest BCUT2D eigenvalue weighted by Crippen LogP contribution is -2.30. The second-order valence-electron chi connectivity index (χ2n) is 6.13. The smallest absolute Gasteiger partial charge is 0.223 e. The molecule has 0 bridgehead atoms. The molecule has 0 aromatic heterocycles. The first-order valence-electron chi connectivity index (χ1n) is 8.29. The fourth-order valence-corrected chi connectivity index (χ4v) is 4.09. The van der Waals surface area contributed by atoms with Gasteiger partial charge < -0.3 is 0 Å². The normalized spacial score (nSPS) is 12.4. The number of ketones is 2. The Balaban J connectivity index is 2.19. The maximum absolute atomic E-state index is 13.0. The van der Waals surface area contributed by atoms with E-state index in [-0.39, 0.29) is 21.7 Å². The van der Waals surface area contributed by atoms with Crippen LogP contribution in [0.2, 0.25) is 5.02 Å². The maximum atomic E-state index is 13.0. The fourth-order valence-electron chi connectivity index (χ4n) is 2.92. The monoisotopic (exact) mass is 413 g/mol. The van der Waals surface area contributed by atoms with E-state index in [4.69, 9.17) is 16.7 Å². The zero-order valence-electron chi connectivity index (χ0n) is 14.6. The van der Waals surface area contributed by atoms with Gasteiger partial charge in [-0.1, -0.05) is 78.3 Å². The van der Waals surface area contributed by atoms with Gasteiger partial charge in [0.25, 0.3) is 0 Å². The Labute approximate surface area is 167 Å². The third-order valence-corrected chi connectivity index (χ3v) is 5.56. The number of nitrogens with two attached hydrogens (primary N) is 1. The number of benzene rings is 3. The number of carbonyl (C=O) groups is 2. The minimum atomic E-state index is -4.36. The van der Waals surface area contributed by atoms with Crippen molar-refractivity contribution >= 4 is 33.2 Å². The Morgan fingerprint density at radius 1 is 0.821 bits per heavy atom. The number of rotatable bonds is 6. The van der Waals surface area contributed by atoms with Crippen LogP contribution in [0, 0.1) is 0 Å². The predicted molar refractivity (Wildman–Crippen MR) is 108 cm³/mol. The van der Waals surface area contributed by atoms with E-state index < -0.39 is 26.8 Å². The average molecular weight is 414 g/mol. The van der Waals surface area contributed by atoms with E-state index in [1.165, 1.54) is 30.3 Å². The van der Waals surface area contributed by atoms with Gasteiger partial charge in [-0.3, -0.25) is 9.59 Å². The van der Waals surface area contributed by atoms with Crippen molar-refractivity contribution in [2.24, 2.45) is 5.14 Å². The number of carbonyl (C=O) groups excluding carboxylic acids is 2. The first kappa shape index (κ1) is 19.9. The molecule has 28 heavy (non-hydrogen) atoms. The molecule has 0 fully saturated rings. The van der Waals surface area contributed by atoms with Crippen LogP contribution in [0.15, 0.2) is 78.9 Å². The average Bonchev–Trinajstić information content (AvgIpc) is 2.69. The molecule has 0 saturated heterocycles. The van der Waals surface area contributed by atoms with Crippen molar-refractivity contribution in [3.8, 4) is 0 Å². The largest absolute Gasteiger partial charge is 0.292 e. The van der Waals surface area contributed by atoms with Crippen LogP contribution in [-0.2, 0) is 10.0 Å². The quantitative estimate of drug-likeness (QED) is 0.622. The predicted octanol–water partition coefficient (Wildman–Crippen LogP) is 3.78. The zero-order valence-corrected chi connectivity index (χ0v) is 16.2. The highest BCUT2D eigenvalue weighted by Crippen LogP contribution is 2.31. The van der Waals surface area contributed by atoms with Gasteiger partial charge in [-0.2, -0.15) is 0 Å². The van der Waals surface area contributed by atoms with E-state index in [0.717, 1.165) is 0 Å². The standard InChI is InChI=1S/C21H16ClNO4S/c22-16-11-12-17(18(13-16)19(24)14-7-3-1-4-8-14)21(28(23,26)27)20(25)15-9-5-2-6-10-15/h1-13,21H,(H2,23,26,27). The molecule has 0 heterocycles.